The number of nitrogens with two attached hydrogens (primary N) is 1. The van der Waals surface area contributed by atoms with E-state index in [-0.39, 0.29) is 5.91 Å². The summed E-state index contributed by atoms with van der Waals surface area (Å²) < 4.78 is 0. The summed E-state index contributed by atoms with van der Waals surface area (Å²) in [6, 6.07) is 0. The molecule has 2 heterocycles. The molecular weight excluding hydrogens is 238 g/mol. The molecule has 0 fully saturated rings. The molecule has 2 aromatic rings. The number of rotatable bonds is 5. The molecule has 2 rings (SSSR count). The number of aryl methyl sites for hydroxylation is 1. The number of nitrogens with zero attached hydrogens (tertiary/aromatic N) is 2. The molecule has 17 heavy (non-hydrogen) atoms. The number of carbonyl (C=O) groups excluding carboxylic acids is 1. The Balaban J connectivity index is 1.71. The molecule has 0 aromatic carbocycles. The van der Waals surface area contributed by atoms with Crippen LogP contribution in [0.5, 0.6) is 0 Å². The number of anilines is 1. The fourth-order valence-electron chi connectivity index (χ4n) is 1.35. The molecule has 0 saturated heterocycles. The van der Waals surface area contributed by atoms with Gasteiger partial charge in [-0.3, -0.25) is 9.89 Å². The third-order valence-electron chi connectivity index (χ3n) is 2.23. The molecule has 0 aliphatic rings. The van der Waals surface area contributed by atoms with Crippen molar-refractivity contribution >= 4 is 22.4 Å². The molecule has 0 spiro atoms. The minimum absolute atomic E-state index is 0.00206. The van der Waals surface area contributed by atoms with Crippen molar-refractivity contribution in [3.05, 3.63) is 29.0 Å². The first kappa shape index (κ1) is 11.6. The largest absolute Gasteiger partial charge is 0.375 e. The highest BCUT2D eigenvalue weighted by atomic mass is 32.1. The van der Waals surface area contributed by atoms with Gasteiger partial charge in [-0.1, -0.05) is 0 Å². The molecule has 0 bridgehead atoms. The Morgan fingerprint density at radius 1 is 1.59 bits per heavy atom. The maximum Gasteiger partial charge on any atom is 0.220 e. The Bertz CT molecular complexity index is 479. The average molecular weight is 251 g/mol. The maximum absolute atomic E-state index is 11.5. The lowest BCUT2D eigenvalue weighted by Gasteiger charge is -2.01. The van der Waals surface area contributed by atoms with Crippen LogP contribution in [-0.2, 0) is 17.8 Å². The second-order valence-corrected chi connectivity index (χ2v) is 4.45. The second-order valence-electron chi connectivity index (χ2n) is 3.56. The highest BCUT2D eigenvalue weighted by Gasteiger charge is 2.04. The number of nitrogens with one attached hydrogen (secondary N) is 2. The molecule has 0 unspecified atom stereocenters. The SMILES string of the molecule is Nc1nc(CNC(=O)CCc2cn[nH]c2)cs1. The third-order valence-corrected chi connectivity index (χ3v) is 2.95. The van der Waals surface area contributed by atoms with Gasteiger partial charge in [0, 0.05) is 18.0 Å². The molecule has 90 valence electrons. The first-order valence-corrected chi connectivity index (χ1v) is 6.06. The Morgan fingerprint density at radius 2 is 2.47 bits per heavy atom. The van der Waals surface area contributed by atoms with Gasteiger partial charge in [-0.25, -0.2) is 4.98 Å². The second kappa shape index (κ2) is 5.44. The van der Waals surface area contributed by atoms with Crippen molar-refractivity contribution < 1.29 is 4.79 Å². The van der Waals surface area contributed by atoms with Gasteiger partial charge in [-0.05, 0) is 12.0 Å². The number of carbonyl (C=O) groups is 1. The highest BCUT2D eigenvalue weighted by molar-refractivity contribution is 7.13. The Labute approximate surface area is 102 Å². The lowest BCUT2D eigenvalue weighted by Crippen LogP contribution is -2.23. The molecular formula is C10H13N5OS. The zero-order valence-corrected chi connectivity index (χ0v) is 9.96. The van der Waals surface area contributed by atoms with Crippen LogP contribution in [-0.4, -0.2) is 21.1 Å². The van der Waals surface area contributed by atoms with Crippen LogP contribution in [0.2, 0.25) is 0 Å². The van der Waals surface area contributed by atoms with Crippen LogP contribution in [0.1, 0.15) is 17.7 Å². The molecule has 4 N–H and O–H groups in total. The van der Waals surface area contributed by atoms with E-state index in [1.807, 2.05) is 5.38 Å². The zero-order valence-electron chi connectivity index (χ0n) is 9.14. The van der Waals surface area contributed by atoms with Gasteiger partial charge in [-0.2, -0.15) is 5.10 Å². The Hall–Kier alpha value is -1.89. The molecule has 0 aliphatic carbocycles. The summed E-state index contributed by atoms with van der Waals surface area (Å²) in [6.45, 7) is 0.428. The molecule has 2 aromatic heterocycles. The van der Waals surface area contributed by atoms with Crippen molar-refractivity contribution in [2.24, 2.45) is 0 Å². The third kappa shape index (κ3) is 3.56. The van der Waals surface area contributed by atoms with E-state index in [1.165, 1.54) is 11.3 Å². The summed E-state index contributed by atoms with van der Waals surface area (Å²) in [5, 5.41) is 11.7. The summed E-state index contributed by atoms with van der Waals surface area (Å²) in [7, 11) is 0. The van der Waals surface area contributed by atoms with Crippen molar-refractivity contribution in [1.29, 1.82) is 0 Å². The van der Waals surface area contributed by atoms with E-state index in [2.05, 4.69) is 20.5 Å². The summed E-state index contributed by atoms with van der Waals surface area (Å²) in [5.74, 6) is -0.00206. The van der Waals surface area contributed by atoms with Gasteiger partial charge in [0.1, 0.15) is 0 Å². The van der Waals surface area contributed by atoms with Crippen LogP contribution in [0.3, 0.4) is 0 Å². The van der Waals surface area contributed by atoms with E-state index < -0.39 is 0 Å². The first-order chi connectivity index (χ1) is 8.24. The maximum atomic E-state index is 11.5. The van der Waals surface area contributed by atoms with E-state index in [9.17, 15) is 4.79 Å². The quantitative estimate of drug-likeness (QED) is 0.728. The van der Waals surface area contributed by atoms with Crippen molar-refractivity contribution in [2.75, 3.05) is 5.73 Å². The summed E-state index contributed by atoms with van der Waals surface area (Å²) in [5.41, 5.74) is 7.31. The summed E-state index contributed by atoms with van der Waals surface area (Å²) in [6.07, 6.45) is 4.63. The van der Waals surface area contributed by atoms with Crippen LogP contribution in [0.4, 0.5) is 5.13 Å². The number of nitrogen functional groups attached to an aromatic ring is 1. The predicted molar refractivity (Wildman–Crippen MR) is 65.3 cm³/mol. The van der Waals surface area contributed by atoms with E-state index in [0.29, 0.717) is 24.5 Å². The molecule has 7 heteroatoms. The van der Waals surface area contributed by atoms with E-state index >= 15 is 0 Å². The van der Waals surface area contributed by atoms with Crippen LogP contribution in [0.15, 0.2) is 17.8 Å². The fourth-order valence-corrected chi connectivity index (χ4v) is 1.92. The number of aromatic nitrogens is 3. The zero-order chi connectivity index (χ0) is 12.1. The standard InChI is InChI=1S/C10H13N5OS/c11-10-15-8(6-17-10)5-12-9(16)2-1-7-3-13-14-4-7/h3-4,6H,1-2,5H2,(H2,11,15)(H,12,16)(H,13,14). The van der Waals surface area contributed by atoms with Crippen molar-refractivity contribution in [3.8, 4) is 0 Å². The van der Waals surface area contributed by atoms with Gasteiger partial charge >= 0.3 is 0 Å². The van der Waals surface area contributed by atoms with Gasteiger partial charge in [-0.15, -0.1) is 11.3 Å². The van der Waals surface area contributed by atoms with Gasteiger partial charge < -0.3 is 11.1 Å². The van der Waals surface area contributed by atoms with E-state index in [0.717, 1.165) is 11.3 Å². The summed E-state index contributed by atoms with van der Waals surface area (Å²) >= 11 is 1.37. The van der Waals surface area contributed by atoms with Crippen LogP contribution >= 0.6 is 11.3 Å². The van der Waals surface area contributed by atoms with Crippen molar-refractivity contribution in [3.63, 3.8) is 0 Å². The minimum Gasteiger partial charge on any atom is -0.375 e. The van der Waals surface area contributed by atoms with Crippen LogP contribution in [0.25, 0.3) is 0 Å². The molecule has 1 amide bonds. The number of amides is 1. The molecule has 0 saturated carbocycles. The summed E-state index contributed by atoms with van der Waals surface area (Å²) in [4.78, 5) is 15.6. The molecule has 6 nitrogen and oxygen atoms in total. The topological polar surface area (TPSA) is 96.7 Å². The van der Waals surface area contributed by atoms with Crippen molar-refractivity contribution in [1.82, 2.24) is 20.5 Å². The minimum atomic E-state index is -0.00206. The van der Waals surface area contributed by atoms with Gasteiger partial charge in [0.15, 0.2) is 5.13 Å². The predicted octanol–water partition coefficient (Wildman–Crippen LogP) is 0.697. The lowest BCUT2D eigenvalue weighted by atomic mass is 10.2. The monoisotopic (exact) mass is 251 g/mol. The number of thiazole rings is 1. The molecule has 0 radical (unpaired) electrons. The number of aromatic amines is 1. The fraction of sp³-hybridized carbons (Fsp3) is 0.300. The number of hydrogen-bond donors (Lipinski definition) is 3. The van der Waals surface area contributed by atoms with Crippen molar-refractivity contribution in [2.45, 2.75) is 19.4 Å². The average Bonchev–Trinajstić information content (AvgIpc) is 2.95. The normalized spacial score (nSPS) is 10.4. The smallest absolute Gasteiger partial charge is 0.220 e. The first-order valence-electron chi connectivity index (χ1n) is 5.18. The van der Waals surface area contributed by atoms with Gasteiger partial charge in [0.05, 0.1) is 18.4 Å². The Morgan fingerprint density at radius 3 is 3.12 bits per heavy atom. The van der Waals surface area contributed by atoms with Gasteiger partial charge in [0.2, 0.25) is 5.91 Å². The molecule has 0 atom stereocenters. The van der Waals surface area contributed by atoms with E-state index in [4.69, 9.17) is 5.73 Å². The lowest BCUT2D eigenvalue weighted by molar-refractivity contribution is -0.121. The number of hydrogen-bond acceptors (Lipinski definition) is 5. The number of H-pyrrole nitrogens is 1. The van der Waals surface area contributed by atoms with Crippen LogP contribution < -0.4 is 11.1 Å². The Kier molecular flexibility index (Phi) is 3.71. The molecule has 0 aliphatic heterocycles. The van der Waals surface area contributed by atoms with E-state index in [1.54, 1.807) is 12.4 Å². The van der Waals surface area contributed by atoms with Crippen LogP contribution in [0, 0.1) is 0 Å². The van der Waals surface area contributed by atoms with Gasteiger partial charge in [0.25, 0.3) is 0 Å². The highest BCUT2D eigenvalue weighted by Crippen LogP contribution is 2.10.